The van der Waals surface area contributed by atoms with Crippen LogP contribution in [0.1, 0.15) is 42.0 Å². The summed E-state index contributed by atoms with van der Waals surface area (Å²) in [6.45, 7) is 5.65. The molecule has 0 aliphatic carbocycles. The van der Waals surface area contributed by atoms with Gasteiger partial charge in [-0.25, -0.2) is 19.4 Å². The molecule has 1 saturated heterocycles. The van der Waals surface area contributed by atoms with E-state index in [2.05, 4.69) is 39.0 Å². The fourth-order valence-corrected chi connectivity index (χ4v) is 2.21. The number of hydrogen-bond acceptors (Lipinski definition) is 6. The zero-order valence-electron chi connectivity index (χ0n) is 11.8. The Morgan fingerprint density at radius 2 is 2.14 bits per heavy atom. The van der Waals surface area contributed by atoms with Gasteiger partial charge in [0.2, 0.25) is 0 Å². The minimum absolute atomic E-state index is 0.0300. The third kappa shape index (κ3) is 2.56. The maximum atomic E-state index is 10.8. The first-order chi connectivity index (χ1) is 10.0. The number of aromatic nitrogens is 5. The molecule has 0 atom stereocenters. The highest BCUT2D eigenvalue weighted by atomic mass is 16.4. The highest BCUT2D eigenvalue weighted by Crippen LogP contribution is 2.27. The third-order valence-corrected chi connectivity index (χ3v) is 3.56. The van der Waals surface area contributed by atoms with E-state index in [1.54, 1.807) is 11.0 Å². The second kappa shape index (κ2) is 5.12. The van der Waals surface area contributed by atoms with Crippen LogP contribution in [0.25, 0.3) is 0 Å². The first-order valence-corrected chi connectivity index (χ1v) is 6.76. The van der Waals surface area contributed by atoms with Crippen LogP contribution in [-0.4, -0.2) is 49.1 Å². The Morgan fingerprint density at radius 1 is 1.38 bits per heavy atom. The molecule has 3 heterocycles. The van der Waals surface area contributed by atoms with Gasteiger partial charge in [0.05, 0.1) is 12.2 Å². The van der Waals surface area contributed by atoms with Crippen LogP contribution < -0.4 is 4.90 Å². The van der Waals surface area contributed by atoms with Gasteiger partial charge in [0.25, 0.3) is 0 Å². The summed E-state index contributed by atoms with van der Waals surface area (Å²) < 4.78 is 1.60. The Hall–Kier alpha value is -2.51. The second-order valence-corrected chi connectivity index (χ2v) is 5.40. The van der Waals surface area contributed by atoms with Crippen molar-refractivity contribution in [3.63, 3.8) is 0 Å². The molecule has 8 nitrogen and oxygen atoms in total. The van der Waals surface area contributed by atoms with Gasteiger partial charge in [-0.15, -0.1) is 5.10 Å². The Morgan fingerprint density at radius 3 is 2.76 bits per heavy atom. The summed E-state index contributed by atoms with van der Waals surface area (Å²) in [5, 5.41) is 16.3. The van der Waals surface area contributed by atoms with Crippen LogP contribution in [0.4, 0.5) is 5.82 Å². The number of carbonyl (C=O) groups is 1. The van der Waals surface area contributed by atoms with Crippen molar-refractivity contribution < 1.29 is 9.90 Å². The first kappa shape index (κ1) is 13.5. The van der Waals surface area contributed by atoms with E-state index in [9.17, 15) is 4.79 Å². The van der Waals surface area contributed by atoms with Gasteiger partial charge in [-0.1, -0.05) is 19.1 Å². The first-order valence-electron chi connectivity index (χ1n) is 6.76. The van der Waals surface area contributed by atoms with Gasteiger partial charge >= 0.3 is 5.97 Å². The van der Waals surface area contributed by atoms with E-state index in [-0.39, 0.29) is 11.7 Å². The van der Waals surface area contributed by atoms with E-state index in [1.807, 2.05) is 6.07 Å². The lowest BCUT2D eigenvalue weighted by molar-refractivity contribution is 0.0690. The summed E-state index contributed by atoms with van der Waals surface area (Å²) in [7, 11) is 0. The maximum Gasteiger partial charge on any atom is 0.358 e. The molecule has 1 N–H and O–H groups in total. The second-order valence-electron chi connectivity index (χ2n) is 5.40. The standard InChI is InChI=1S/C13H16N6O2/c1-8(2)10-3-12(15-7-14-10)18-4-9(5-18)19-6-11(13(20)21)16-17-19/h3,6-9H,4-5H2,1-2H3,(H,20,21). The van der Waals surface area contributed by atoms with Crippen molar-refractivity contribution >= 4 is 11.8 Å². The molecule has 0 unspecified atom stereocenters. The van der Waals surface area contributed by atoms with Gasteiger partial charge in [0, 0.05) is 24.8 Å². The minimum atomic E-state index is -1.06. The molecule has 2 aromatic heterocycles. The molecular formula is C13H16N6O2. The lowest BCUT2D eigenvalue weighted by atomic mass is 10.1. The summed E-state index contributed by atoms with van der Waals surface area (Å²) in [4.78, 5) is 21.4. The lowest BCUT2D eigenvalue weighted by Crippen LogP contribution is -2.48. The molecular weight excluding hydrogens is 272 g/mol. The summed E-state index contributed by atoms with van der Waals surface area (Å²) in [6, 6.07) is 2.12. The molecule has 0 spiro atoms. The number of carboxylic acid groups (broad SMARTS) is 1. The van der Waals surface area contributed by atoms with E-state index in [1.165, 1.54) is 6.20 Å². The summed E-state index contributed by atoms with van der Waals surface area (Å²) in [5.41, 5.74) is 0.981. The van der Waals surface area contributed by atoms with Gasteiger partial charge in [-0.2, -0.15) is 0 Å². The summed E-state index contributed by atoms with van der Waals surface area (Å²) in [6.07, 6.45) is 3.04. The minimum Gasteiger partial charge on any atom is -0.476 e. The molecule has 0 radical (unpaired) electrons. The van der Waals surface area contributed by atoms with Gasteiger partial charge < -0.3 is 10.0 Å². The van der Waals surface area contributed by atoms with Crippen molar-refractivity contribution in [2.45, 2.75) is 25.8 Å². The predicted octanol–water partition coefficient (Wildman–Crippen LogP) is 0.951. The van der Waals surface area contributed by atoms with Gasteiger partial charge in [0.15, 0.2) is 5.69 Å². The van der Waals surface area contributed by atoms with Crippen LogP contribution in [-0.2, 0) is 0 Å². The Labute approximate surface area is 121 Å². The normalized spacial score (nSPS) is 15.3. The summed E-state index contributed by atoms with van der Waals surface area (Å²) >= 11 is 0. The average molecular weight is 288 g/mol. The van der Waals surface area contributed by atoms with E-state index in [4.69, 9.17) is 5.11 Å². The molecule has 0 amide bonds. The molecule has 0 saturated carbocycles. The van der Waals surface area contributed by atoms with Gasteiger partial charge in [-0.3, -0.25) is 0 Å². The molecule has 1 fully saturated rings. The van der Waals surface area contributed by atoms with Crippen LogP contribution in [0.3, 0.4) is 0 Å². The lowest BCUT2D eigenvalue weighted by Gasteiger charge is -2.39. The van der Waals surface area contributed by atoms with Crippen molar-refractivity contribution in [3.05, 3.63) is 30.0 Å². The molecule has 1 aliphatic heterocycles. The van der Waals surface area contributed by atoms with E-state index in [0.29, 0.717) is 5.92 Å². The third-order valence-electron chi connectivity index (χ3n) is 3.56. The molecule has 8 heteroatoms. The van der Waals surface area contributed by atoms with Crippen LogP contribution in [0.5, 0.6) is 0 Å². The zero-order valence-corrected chi connectivity index (χ0v) is 11.8. The highest BCUT2D eigenvalue weighted by Gasteiger charge is 2.31. The predicted molar refractivity (Wildman–Crippen MR) is 74.4 cm³/mol. The van der Waals surface area contributed by atoms with Crippen molar-refractivity contribution in [2.24, 2.45) is 0 Å². The number of aromatic carboxylic acids is 1. The van der Waals surface area contributed by atoms with Crippen molar-refractivity contribution in [2.75, 3.05) is 18.0 Å². The monoisotopic (exact) mass is 288 g/mol. The average Bonchev–Trinajstić information content (AvgIpc) is 2.87. The number of carboxylic acids is 1. The number of anilines is 1. The fraction of sp³-hybridized carbons (Fsp3) is 0.462. The highest BCUT2D eigenvalue weighted by molar-refractivity contribution is 5.84. The van der Waals surface area contributed by atoms with E-state index >= 15 is 0 Å². The number of rotatable bonds is 4. The molecule has 110 valence electrons. The van der Waals surface area contributed by atoms with E-state index < -0.39 is 5.97 Å². The zero-order chi connectivity index (χ0) is 15.0. The largest absolute Gasteiger partial charge is 0.476 e. The molecule has 3 rings (SSSR count). The maximum absolute atomic E-state index is 10.8. The van der Waals surface area contributed by atoms with Crippen LogP contribution in [0.15, 0.2) is 18.6 Å². The number of nitrogens with zero attached hydrogens (tertiary/aromatic N) is 6. The van der Waals surface area contributed by atoms with Gasteiger partial charge in [0.1, 0.15) is 12.1 Å². The van der Waals surface area contributed by atoms with E-state index in [0.717, 1.165) is 24.6 Å². The Balaban J connectivity index is 1.67. The molecule has 0 bridgehead atoms. The molecule has 2 aromatic rings. The number of hydrogen-bond donors (Lipinski definition) is 1. The van der Waals surface area contributed by atoms with Crippen LogP contribution in [0, 0.1) is 0 Å². The molecule has 1 aliphatic rings. The molecule has 21 heavy (non-hydrogen) atoms. The topological polar surface area (TPSA) is 97.0 Å². The van der Waals surface area contributed by atoms with Gasteiger partial charge in [-0.05, 0) is 5.92 Å². The quantitative estimate of drug-likeness (QED) is 0.894. The van der Waals surface area contributed by atoms with Crippen molar-refractivity contribution in [3.8, 4) is 0 Å². The van der Waals surface area contributed by atoms with Crippen LogP contribution in [0.2, 0.25) is 0 Å². The summed E-state index contributed by atoms with van der Waals surface area (Å²) in [5.74, 6) is 0.190. The SMILES string of the molecule is CC(C)c1cc(N2CC(n3cc(C(=O)O)nn3)C2)ncn1. The Bertz CT molecular complexity index is 662. The fourth-order valence-electron chi connectivity index (χ4n) is 2.21. The van der Waals surface area contributed by atoms with Crippen molar-refractivity contribution in [1.82, 2.24) is 25.0 Å². The smallest absolute Gasteiger partial charge is 0.358 e. The molecule has 0 aromatic carbocycles. The van der Waals surface area contributed by atoms with Crippen molar-refractivity contribution in [1.29, 1.82) is 0 Å². The Kier molecular flexibility index (Phi) is 3.28. The van der Waals surface area contributed by atoms with Crippen LogP contribution >= 0.6 is 0 Å².